The smallest absolute Gasteiger partial charge is 0.222 e. The van der Waals surface area contributed by atoms with Gasteiger partial charge in [-0.05, 0) is 27.0 Å². The minimum atomic E-state index is 0.333. The highest BCUT2D eigenvalue weighted by molar-refractivity contribution is 5.71. The molecule has 5 heteroatoms. The molecule has 0 aliphatic carbocycles. The molecule has 110 valence electrons. The van der Waals surface area contributed by atoms with Crippen LogP contribution in [0.2, 0.25) is 0 Å². The number of nitrogens with two attached hydrogens (primary N) is 1. The molecule has 0 saturated carbocycles. The highest BCUT2D eigenvalue weighted by Gasteiger charge is 2.28. The second-order valence-corrected chi connectivity index (χ2v) is 5.64. The van der Waals surface area contributed by atoms with Gasteiger partial charge in [0, 0.05) is 30.3 Å². The lowest BCUT2D eigenvalue weighted by Crippen LogP contribution is -2.57. The summed E-state index contributed by atoms with van der Waals surface area (Å²) in [5.74, 6) is 1.28. The molecule has 0 unspecified atom stereocenters. The summed E-state index contributed by atoms with van der Waals surface area (Å²) in [6.07, 6.45) is 0. The zero-order valence-corrected chi connectivity index (χ0v) is 12.7. The fraction of sp³-hybridized carbons (Fsp3) is 0.375. The number of anilines is 2. The Bertz CT molecular complexity index is 662. The van der Waals surface area contributed by atoms with Crippen molar-refractivity contribution in [2.75, 3.05) is 30.8 Å². The number of rotatable bonds is 3. The average Bonchev–Trinajstić information content (AvgIpc) is 2.41. The van der Waals surface area contributed by atoms with Crippen LogP contribution in [0.15, 0.2) is 24.3 Å². The van der Waals surface area contributed by atoms with Crippen LogP contribution in [0.1, 0.15) is 11.1 Å². The third-order valence-electron chi connectivity index (χ3n) is 4.02. The van der Waals surface area contributed by atoms with Gasteiger partial charge in [0.2, 0.25) is 5.95 Å². The fourth-order valence-electron chi connectivity index (χ4n) is 2.74. The number of nitrogen functional groups attached to an aromatic ring is 1. The number of nitrogens with zero attached hydrogens (tertiary/aromatic N) is 3. The number of nitrogens with one attached hydrogen (secondary N) is 1. The zero-order chi connectivity index (χ0) is 15.0. The molecule has 1 aliphatic heterocycles. The Morgan fingerprint density at radius 3 is 2.67 bits per heavy atom. The first-order valence-corrected chi connectivity index (χ1v) is 7.22. The molecule has 1 saturated heterocycles. The van der Waals surface area contributed by atoms with Crippen LogP contribution in [0.25, 0.3) is 11.3 Å². The number of likely N-dealkylation sites (N-methyl/N-ethyl adjacent to an activating group) is 1. The Kier molecular flexibility index (Phi) is 3.51. The van der Waals surface area contributed by atoms with E-state index in [-0.39, 0.29) is 0 Å². The van der Waals surface area contributed by atoms with Crippen LogP contribution in [0.3, 0.4) is 0 Å². The van der Waals surface area contributed by atoms with E-state index in [0.717, 1.165) is 35.7 Å². The normalized spacial score (nSPS) is 15.1. The van der Waals surface area contributed by atoms with Gasteiger partial charge in [0.05, 0.1) is 5.69 Å². The summed E-state index contributed by atoms with van der Waals surface area (Å²) >= 11 is 0. The average molecular weight is 283 g/mol. The highest BCUT2D eigenvalue weighted by atomic mass is 15.3. The van der Waals surface area contributed by atoms with Crippen molar-refractivity contribution in [1.29, 1.82) is 0 Å². The predicted octanol–water partition coefficient (Wildman–Crippen LogP) is 1.75. The van der Waals surface area contributed by atoms with Crippen LogP contribution >= 0.6 is 0 Å². The second-order valence-electron chi connectivity index (χ2n) is 5.64. The van der Waals surface area contributed by atoms with Gasteiger partial charge in [0.1, 0.15) is 5.82 Å². The first kappa shape index (κ1) is 13.8. The first-order chi connectivity index (χ1) is 10.1. The van der Waals surface area contributed by atoms with Crippen LogP contribution in [-0.4, -0.2) is 36.1 Å². The molecule has 3 N–H and O–H groups in total. The fourth-order valence-corrected chi connectivity index (χ4v) is 2.74. The number of hydrogen-bond acceptors (Lipinski definition) is 5. The Hall–Kier alpha value is -2.14. The molecule has 3 rings (SSSR count). The van der Waals surface area contributed by atoms with Crippen molar-refractivity contribution in [3.63, 3.8) is 0 Å². The summed E-state index contributed by atoms with van der Waals surface area (Å²) < 4.78 is 0. The minimum Gasteiger partial charge on any atom is -0.368 e. The van der Waals surface area contributed by atoms with E-state index in [2.05, 4.69) is 52.2 Å². The van der Waals surface area contributed by atoms with Gasteiger partial charge in [-0.25, -0.2) is 4.98 Å². The standard InChI is InChI=1S/C16H21N5/c1-10-5-4-6-12(7-10)14-11(2)15(20-16(17)19-14)21-8-13(9-21)18-3/h4-7,13,18H,8-9H2,1-3H3,(H2,17,19,20). The van der Waals surface area contributed by atoms with Crippen molar-refractivity contribution in [2.24, 2.45) is 0 Å². The van der Waals surface area contributed by atoms with E-state index in [1.807, 2.05) is 13.1 Å². The molecule has 1 fully saturated rings. The van der Waals surface area contributed by atoms with Gasteiger partial charge in [-0.15, -0.1) is 0 Å². The molecule has 1 aromatic carbocycles. The van der Waals surface area contributed by atoms with E-state index in [1.54, 1.807) is 0 Å². The number of aryl methyl sites for hydroxylation is 1. The summed E-state index contributed by atoms with van der Waals surface area (Å²) in [5.41, 5.74) is 10.2. The van der Waals surface area contributed by atoms with Crippen molar-refractivity contribution in [3.8, 4) is 11.3 Å². The van der Waals surface area contributed by atoms with Crippen molar-refractivity contribution in [2.45, 2.75) is 19.9 Å². The molecule has 0 amide bonds. The maximum atomic E-state index is 5.92. The monoisotopic (exact) mass is 283 g/mol. The van der Waals surface area contributed by atoms with E-state index in [9.17, 15) is 0 Å². The number of aromatic nitrogens is 2. The van der Waals surface area contributed by atoms with Gasteiger partial charge < -0.3 is 16.0 Å². The maximum Gasteiger partial charge on any atom is 0.222 e. The van der Waals surface area contributed by atoms with E-state index in [4.69, 9.17) is 5.73 Å². The molecule has 21 heavy (non-hydrogen) atoms. The van der Waals surface area contributed by atoms with E-state index < -0.39 is 0 Å². The first-order valence-electron chi connectivity index (χ1n) is 7.22. The summed E-state index contributed by atoms with van der Waals surface area (Å²) in [6, 6.07) is 8.85. The van der Waals surface area contributed by atoms with Crippen LogP contribution in [0, 0.1) is 13.8 Å². The molecule has 1 aliphatic rings. The van der Waals surface area contributed by atoms with E-state index in [1.165, 1.54) is 5.56 Å². The highest BCUT2D eigenvalue weighted by Crippen LogP contribution is 2.31. The quantitative estimate of drug-likeness (QED) is 0.898. The lowest BCUT2D eigenvalue weighted by Gasteiger charge is -2.40. The van der Waals surface area contributed by atoms with Gasteiger partial charge in [0.15, 0.2) is 0 Å². The van der Waals surface area contributed by atoms with Crippen LogP contribution in [-0.2, 0) is 0 Å². The Morgan fingerprint density at radius 2 is 2.00 bits per heavy atom. The van der Waals surface area contributed by atoms with Gasteiger partial charge in [-0.3, -0.25) is 0 Å². The van der Waals surface area contributed by atoms with Gasteiger partial charge >= 0.3 is 0 Å². The van der Waals surface area contributed by atoms with Crippen molar-refractivity contribution in [3.05, 3.63) is 35.4 Å². The van der Waals surface area contributed by atoms with Gasteiger partial charge in [-0.1, -0.05) is 23.8 Å². The number of hydrogen-bond donors (Lipinski definition) is 2. The largest absolute Gasteiger partial charge is 0.368 e. The lowest BCUT2D eigenvalue weighted by atomic mass is 10.0. The van der Waals surface area contributed by atoms with Crippen molar-refractivity contribution < 1.29 is 0 Å². The van der Waals surface area contributed by atoms with E-state index in [0.29, 0.717) is 12.0 Å². The Labute approximate surface area is 125 Å². The van der Waals surface area contributed by atoms with Crippen LogP contribution in [0.4, 0.5) is 11.8 Å². The number of benzene rings is 1. The molecule has 0 spiro atoms. The van der Waals surface area contributed by atoms with Crippen LogP contribution < -0.4 is 16.0 Å². The van der Waals surface area contributed by atoms with Crippen LogP contribution in [0.5, 0.6) is 0 Å². The molecular formula is C16H21N5. The lowest BCUT2D eigenvalue weighted by molar-refractivity contribution is 0.446. The minimum absolute atomic E-state index is 0.333. The SMILES string of the molecule is CNC1CN(c2nc(N)nc(-c3cccc(C)c3)c2C)C1. The summed E-state index contributed by atoms with van der Waals surface area (Å²) in [4.78, 5) is 11.1. The molecule has 5 nitrogen and oxygen atoms in total. The molecule has 2 heterocycles. The summed E-state index contributed by atoms with van der Waals surface area (Å²) in [7, 11) is 1.99. The Balaban J connectivity index is 2.01. The molecule has 0 atom stereocenters. The molecule has 0 radical (unpaired) electrons. The van der Waals surface area contributed by atoms with E-state index >= 15 is 0 Å². The summed E-state index contributed by atoms with van der Waals surface area (Å²) in [5, 5.41) is 3.27. The second kappa shape index (κ2) is 5.33. The Morgan fingerprint density at radius 1 is 1.24 bits per heavy atom. The zero-order valence-electron chi connectivity index (χ0n) is 12.7. The third-order valence-corrected chi connectivity index (χ3v) is 4.02. The van der Waals surface area contributed by atoms with Gasteiger partial charge in [0.25, 0.3) is 0 Å². The maximum absolute atomic E-state index is 5.92. The molecule has 1 aromatic heterocycles. The predicted molar refractivity (Wildman–Crippen MR) is 86.4 cm³/mol. The molecule has 2 aromatic rings. The van der Waals surface area contributed by atoms with Gasteiger partial charge in [-0.2, -0.15) is 4.98 Å². The van der Waals surface area contributed by atoms with Crippen molar-refractivity contribution in [1.82, 2.24) is 15.3 Å². The third kappa shape index (κ3) is 2.56. The van der Waals surface area contributed by atoms with Crippen molar-refractivity contribution >= 4 is 11.8 Å². The molecular weight excluding hydrogens is 262 g/mol. The summed E-state index contributed by atoms with van der Waals surface area (Å²) in [6.45, 7) is 6.07. The topological polar surface area (TPSA) is 67.1 Å². The molecule has 0 bridgehead atoms.